The van der Waals surface area contributed by atoms with Crippen LogP contribution in [0.3, 0.4) is 0 Å². The molecule has 0 unspecified atom stereocenters. The summed E-state index contributed by atoms with van der Waals surface area (Å²) in [5.74, 6) is 0.361. The van der Waals surface area contributed by atoms with Gasteiger partial charge in [-0.25, -0.2) is 13.1 Å². The fourth-order valence-electron chi connectivity index (χ4n) is 1.84. The molecular weight excluding hydrogens is 278 g/mol. The third-order valence-electron chi connectivity index (χ3n) is 2.91. The van der Waals surface area contributed by atoms with Crippen LogP contribution in [0.2, 0.25) is 4.34 Å². The van der Waals surface area contributed by atoms with E-state index in [-0.39, 0.29) is 10.3 Å². The Bertz CT molecular complexity index is 452. The molecule has 0 radical (unpaired) electrons. The van der Waals surface area contributed by atoms with Crippen LogP contribution < -0.4 is 4.72 Å². The van der Waals surface area contributed by atoms with Gasteiger partial charge in [0.15, 0.2) is 0 Å². The van der Waals surface area contributed by atoms with E-state index in [0.717, 1.165) is 24.2 Å². The number of sulfonamides is 1. The molecule has 0 spiro atoms. The fraction of sp³-hybridized carbons (Fsp3) is 0.636. The lowest BCUT2D eigenvalue weighted by Gasteiger charge is -2.21. The molecule has 1 rings (SSSR count). The summed E-state index contributed by atoms with van der Waals surface area (Å²) < 4.78 is 27.5. The van der Waals surface area contributed by atoms with Gasteiger partial charge >= 0.3 is 0 Å². The minimum atomic E-state index is -3.42. The van der Waals surface area contributed by atoms with Crippen molar-refractivity contribution >= 4 is 33.0 Å². The van der Waals surface area contributed by atoms with Gasteiger partial charge in [-0.15, -0.1) is 11.3 Å². The smallest absolute Gasteiger partial charge is 0.207 e. The molecule has 1 N–H and O–H groups in total. The van der Waals surface area contributed by atoms with E-state index in [0.29, 0.717) is 10.3 Å². The number of hydrogen-bond donors (Lipinski definition) is 1. The molecule has 0 aliphatic carbocycles. The number of halogens is 1. The van der Waals surface area contributed by atoms with E-state index >= 15 is 0 Å². The van der Waals surface area contributed by atoms with Gasteiger partial charge in [-0.05, 0) is 25.0 Å². The zero-order valence-corrected chi connectivity index (χ0v) is 12.6. The van der Waals surface area contributed by atoms with Crippen molar-refractivity contribution < 1.29 is 8.42 Å². The Morgan fingerprint density at radius 1 is 1.35 bits per heavy atom. The summed E-state index contributed by atoms with van der Waals surface area (Å²) in [7, 11) is -3.42. The van der Waals surface area contributed by atoms with Crippen LogP contribution in [-0.4, -0.2) is 14.5 Å². The second kappa shape index (κ2) is 6.18. The molecule has 98 valence electrons. The summed E-state index contributed by atoms with van der Waals surface area (Å²) in [6.45, 7) is 6.05. The molecule has 1 aromatic heterocycles. The number of hydrogen-bond acceptors (Lipinski definition) is 3. The van der Waals surface area contributed by atoms with E-state index in [1.165, 1.54) is 6.07 Å². The molecule has 3 nitrogen and oxygen atoms in total. The van der Waals surface area contributed by atoms with Gasteiger partial charge in [0.25, 0.3) is 0 Å². The lowest BCUT2D eigenvalue weighted by Crippen LogP contribution is -2.37. The van der Waals surface area contributed by atoms with Gasteiger partial charge in [0.2, 0.25) is 10.0 Å². The third kappa shape index (κ3) is 3.95. The van der Waals surface area contributed by atoms with E-state index in [9.17, 15) is 8.42 Å². The minimum Gasteiger partial charge on any atom is -0.207 e. The van der Waals surface area contributed by atoms with Crippen LogP contribution in [0.4, 0.5) is 0 Å². The number of rotatable bonds is 6. The standard InChI is InChI=1S/C11H18ClNO2S2/c1-4-9(5-2)8(3)13-17(14,15)11-7-6-10(12)16-11/h6-9,13H,4-5H2,1-3H3/t8-/m1/s1. The molecule has 0 amide bonds. The van der Waals surface area contributed by atoms with Crippen molar-refractivity contribution in [1.29, 1.82) is 0 Å². The van der Waals surface area contributed by atoms with Gasteiger partial charge < -0.3 is 0 Å². The summed E-state index contributed by atoms with van der Waals surface area (Å²) in [4.78, 5) is 0. The first-order chi connectivity index (χ1) is 7.90. The molecular formula is C11H18ClNO2S2. The maximum atomic E-state index is 12.0. The highest BCUT2D eigenvalue weighted by molar-refractivity contribution is 7.91. The SMILES string of the molecule is CCC(CC)[C@@H](C)NS(=O)(=O)c1ccc(Cl)s1. The van der Waals surface area contributed by atoms with E-state index in [2.05, 4.69) is 18.6 Å². The van der Waals surface area contributed by atoms with Gasteiger partial charge in [-0.1, -0.05) is 38.3 Å². The molecule has 0 bridgehead atoms. The molecule has 6 heteroatoms. The Morgan fingerprint density at radius 3 is 2.35 bits per heavy atom. The second-order valence-electron chi connectivity index (χ2n) is 4.05. The zero-order chi connectivity index (χ0) is 13.1. The molecule has 1 heterocycles. The second-order valence-corrected chi connectivity index (χ2v) is 7.70. The number of thiophene rings is 1. The average Bonchev–Trinajstić information content (AvgIpc) is 2.66. The Balaban J connectivity index is 2.80. The first-order valence-corrected chi connectivity index (χ1v) is 8.36. The Labute approximate surface area is 112 Å². The predicted octanol–water partition coefficient (Wildman–Crippen LogP) is 3.50. The third-order valence-corrected chi connectivity index (χ3v) is 6.19. The quantitative estimate of drug-likeness (QED) is 0.873. The Morgan fingerprint density at radius 2 is 1.94 bits per heavy atom. The molecule has 0 saturated carbocycles. The Kier molecular flexibility index (Phi) is 5.44. The van der Waals surface area contributed by atoms with Gasteiger partial charge in [0.1, 0.15) is 4.21 Å². The molecule has 1 atom stereocenters. The van der Waals surface area contributed by atoms with Crippen molar-refractivity contribution in [3.05, 3.63) is 16.5 Å². The molecule has 0 aromatic carbocycles. The molecule has 0 aliphatic rings. The summed E-state index contributed by atoms with van der Waals surface area (Å²) >= 11 is 6.82. The van der Waals surface area contributed by atoms with Gasteiger partial charge in [-0.3, -0.25) is 0 Å². The molecule has 0 fully saturated rings. The average molecular weight is 296 g/mol. The normalized spacial score (nSPS) is 14.2. The largest absolute Gasteiger partial charge is 0.250 e. The van der Waals surface area contributed by atoms with Crippen LogP contribution >= 0.6 is 22.9 Å². The number of nitrogens with one attached hydrogen (secondary N) is 1. The topological polar surface area (TPSA) is 46.2 Å². The summed E-state index contributed by atoms with van der Waals surface area (Å²) in [6, 6.07) is 3.08. The van der Waals surface area contributed by atoms with Crippen molar-refractivity contribution in [3.63, 3.8) is 0 Å². The summed E-state index contributed by atoms with van der Waals surface area (Å²) in [5, 5.41) is 0. The molecule has 0 saturated heterocycles. The van der Waals surface area contributed by atoms with Crippen molar-refractivity contribution in [1.82, 2.24) is 4.72 Å². The van der Waals surface area contributed by atoms with Crippen LogP contribution in [-0.2, 0) is 10.0 Å². The van der Waals surface area contributed by atoms with E-state index in [1.54, 1.807) is 6.07 Å². The van der Waals surface area contributed by atoms with Crippen molar-refractivity contribution in [3.8, 4) is 0 Å². The zero-order valence-electron chi connectivity index (χ0n) is 10.2. The first-order valence-electron chi connectivity index (χ1n) is 5.68. The highest BCUT2D eigenvalue weighted by Gasteiger charge is 2.22. The van der Waals surface area contributed by atoms with Gasteiger partial charge in [0, 0.05) is 6.04 Å². The maximum Gasteiger partial charge on any atom is 0.250 e. The van der Waals surface area contributed by atoms with Crippen LogP contribution in [0.15, 0.2) is 16.3 Å². The van der Waals surface area contributed by atoms with Crippen LogP contribution in [0.5, 0.6) is 0 Å². The van der Waals surface area contributed by atoms with Crippen LogP contribution in [0.25, 0.3) is 0 Å². The van der Waals surface area contributed by atoms with Crippen molar-refractivity contribution in [2.45, 2.75) is 43.9 Å². The molecule has 0 aliphatic heterocycles. The van der Waals surface area contributed by atoms with Crippen LogP contribution in [0, 0.1) is 5.92 Å². The fourth-order valence-corrected chi connectivity index (χ4v) is 4.65. The Hall–Kier alpha value is -0.100. The van der Waals surface area contributed by atoms with Gasteiger partial charge in [0.05, 0.1) is 4.34 Å². The highest BCUT2D eigenvalue weighted by atomic mass is 35.5. The lowest BCUT2D eigenvalue weighted by atomic mass is 9.96. The highest BCUT2D eigenvalue weighted by Crippen LogP contribution is 2.26. The van der Waals surface area contributed by atoms with E-state index < -0.39 is 10.0 Å². The van der Waals surface area contributed by atoms with Crippen molar-refractivity contribution in [2.75, 3.05) is 0 Å². The monoisotopic (exact) mass is 295 g/mol. The van der Waals surface area contributed by atoms with Crippen LogP contribution in [0.1, 0.15) is 33.6 Å². The van der Waals surface area contributed by atoms with Crippen molar-refractivity contribution in [2.24, 2.45) is 5.92 Å². The van der Waals surface area contributed by atoms with E-state index in [4.69, 9.17) is 11.6 Å². The lowest BCUT2D eigenvalue weighted by molar-refractivity contribution is 0.391. The molecule has 1 aromatic rings. The molecule has 17 heavy (non-hydrogen) atoms. The minimum absolute atomic E-state index is 0.0594. The maximum absolute atomic E-state index is 12.0. The van der Waals surface area contributed by atoms with Gasteiger partial charge in [-0.2, -0.15) is 0 Å². The summed E-state index contributed by atoms with van der Waals surface area (Å²) in [5.41, 5.74) is 0. The van der Waals surface area contributed by atoms with E-state index in [1.807, 2.05) is 6.92 Å². The predicted molar refractivity (Wildman–Crippen MR) is 73.2 cm³/mol. The first kappa shape index (κ1) is 15.0. The summed E-state index contributed by atoms with van der Waals surface area (Å²) in [6.07, 6.45) is 1.93.